The van der Waals surface area contributed by atoms with Crippen molar-refractivity contribution in [2.45, 2.75) is 38.7 Å². The maximum absolute atomic E-state index is 12.9. The Hall–Kier alpha value is -3.25. The molecule has 0 spiro atoms. The largest absolute Gasteiger partial charge is 0.493 e. The molecule has 3 aromatic carbocycles. The van der Waals surface area contributed by atoms with Crippen LogP contribution in [0, 0.1) is 5.92 Å². The smallest absolute Gasteiger partial charge is 0.293 e. The molecule has 1 aliphatic carbocycles. The highest BCUT2D eigenvalue weighted by Gasteiger charge is 2.36. The summed E-state index contributed by atoms with van der Waals surface area (Å²) in [5.41, 5.74) is 1.87. The van der Waals surface area contributed by atoms with E-state index in [1.165, 1.54) is 34.9 Å². The van der Waals surface area contributed by atoms with E-state index < -0.39 is 0 Å². The van der Waals surface area contributed by atoms with Gasteiger partial charge < -0.3 is 9.47 Å². The van der Waals surface area contributed by atoms with Gasteiger partial charge in [-0.3, -0.25) is 14.5 Å². The third kappa shape index (κ3) is 5.38. The molecule has 1 aliphatic heterocycles. The van der Waals surface area contributed by atoms with Crippen LogP contribution in [0.5, 0.6) is 11.5 Å². The lowest BCUT2D eigenvalue weighted by Crippen LogP contribution is -2.34. The van der Waals surface area contributed by atoms with Crippen LogP contribution < -0.4 is 9.47 Å². The van der Waals surface area contributed by atoms with Gasteiger partial charge in [-0.15, -0.1) is 0 Å². The second-order valence-corrected chi connectivity index (χ2v) is 10.2. The number of rotatable bonds is 7. The zero-order valence-electron chi connectivity index (χ0n) is 19.9. The molecule has 0 N–H and O–H groups in total. The van der Waals surface area contributed by atoms with Gasteiger partial charge in [0.25, 0.3) is 11.1 Å². The van der Waals surface area contributed by atoms with Gasteiger partial charge in [-0.1, -0.05) is 61.7 Å². The molecule has 2 amide bonds. The minimum absolute atomic E-state index is 0.172. The summed E-state index contributed by atoms with van der Waals surface area (Å²) in [6, 6.07) is 20.1. The lowest BCUT2D eigenvalue weighted by atomic mass is 9.89. The minimum Gasteiger partial charge on any atom is -0.493 e. The summed E-state index contributed by atoms with van der Waals surface area (Å²) in [5, 5.41) is 2.20. The first-order valence-electron chi connectivity index (χ1n) is 12.1. The number of carbonyl (C=O) groups excluding carboxylic acids is 2. The topological polar surface area (TPSA) is 55.8 Å². The van der Waals surface area contributed by atoms with Crippen molar-refractivity contribution in [3.63, 3.8) is 0 Å². The van der Waals surface area contributed by atoms with Crippen molar-refractivity contribution in [1.29, 1.82) is 0 Å². The Morgan fingerprint density at radius 3 is 2.54 bits per heavy atom. The Morgan fingerprint density at radius 1 is 0.943 bits per heavy atom. The van der Waals surface area contributed by atoms with Crippen LogP contribution in [0.1, 0.15) is 43.2 Å². The predicted molar refractivity (Wildman–Crippen MR) is 141 cm³/mol. The molecular weight excluding hydrogens is 458 g/mol. The number of fused-ring (bicyclic) bond motifs is 1. The summed E-state index contributed by atoms with van der Waals surface area (Å²) >= 11 is 1.02. The summed E-state index contributed by atoms with van der Waals surface area (Å²) < 4.78 is 11.6. The fourth-order valence-corrected chi connectivity index (χ4v) is 5.67. The van der Waals surface area contributed by atoms with Crippen molar-refractivity contribution >= 4 is 39.8 Å². The van der Waals surface area contributed by atoms with Crippen molar-refractivity contribution in [1.82, 2.24) is 4.90 Å². The lowest BCUT2D eigenvalue weighted by Gasteiger charge is -2.25. The number of hydrogen-bond acceptors (Lipinski definition) is 5. The van der Waals surface area contributed by atoms with Crippen LogP contribution >= 0.6 is 11.8 Å². The second-order valence-electron chi connectivity index (χ2n) is 9.18. The van der Waals surface area contributed by atoms with Crippen molar-refractivity contribution in [3.05, 3.63) is 76.7 Å². The van der Waals surface area contributed by atoms with Crippen molar-refractivity contribution in [3.8, 4) is 11.5 Å². The minimum atomic E-state index is -0.193. The zero-order valence-corrected chi connectivity index (χ0v) is 20.7. The molecule has 1 saturated carbocycles. The molecule has 2 fully saturated rings. The first kappa shape index (κ1) is 23.5. The summed E-state index contributed by atoms with van der Waals surface area (Å²) in [4.78, 5) is 27.3. The van der Waals surface area contributed by atoms with Gasteiger partial charge in [-0.2, -0.15) is 0 Å². The number of hydrogen-bond donors (Lipinski definition) is 0. The van der Waals surface area contributed by atoms with Crippen LogP contribution in [0.2, 0.25) is 0 Å². The number of thioether (sulfide) groups is 1. The summed E-state index contributed by atoms with van der Waals surface area (Å²) in [5.74, 6) is 1.45. The third-order valence-electron chi connectivity index (χ3n) is 6.73. The highest BCUT2D eigenvalue weighted by atomic mass is 32.2. The Balaban J connectivity index is 1.27. The Morgan fingerprint density at radius 2 is 1.74 bits per heavy atom. The molecule has 5 rings (SSSR count). The first-order valence-corrected chi connectivity index (χ1v) is 13.0. The normalized spacial score (nSPS) is 18.0. The number of benzene rings is 3. The van der Waals surface area contributed by atoms with Crippen LogP contribution in [0.25, 0.3) is 16.8 Å². The summed E-state index contributed by atoms with van der Waals surface area (Å²) in [6.45, 7) is 0.952. The van der Waals surface area contributed by atoms with E-state index in [9.17, 15) is 9.59 Å². The Kier molecular flexibility index (Phi) is 7.09. The van der Waals surface area contributed by atoms with Gasteiger partial charge in [0.1, 0.15) is 6.61 Å². The van der Waals surface area contributed by atoms with E-state index in [1.807, 2.05) is 30.3 Å². The molecule has 0 bridgehead atoms. The number of carbonyl (C=O) groups is 2. The quantitative estimate of drug-likeness (QED) is 0.334. The highest BCUT2D eigenvalue weighted by Crippen LogP contribution is 2.36. The van der Waals surface area contributed by atoms with Crippen molar-refractivity contribution in [2.75, 3.05) is 13.7 Å². The van der Waals surface area contributed by atoms with Crippen LogP contribution in [0.3, 0.4) is 0 Å². The summed E-state index contributed by atoms with van der Waals surface area (Å²) in [6.07, 6.45) is 7.58. The van der Waals surface area contributed by atoms with Gasteiger partial charge in [-0.05, 0) is 76.7 Å². The predicted octanol–water partition coefficient (Wildman–Crippen LogP) is 7.04. The molecule has 0 aromatic heterocycles. The maximum Gasteiger partial charge on any atom is 0.293 e. The standard InChI is InChI=1S/C29H29NO4S/c1-33-26-16-21(17-27-28(31)30(29(32)35-27)18-20-7-3-2-4-8-20)12-14-25(26)34-19-22-11-13-23-9-5-6-10-24(23)15-22/h5-6,9-17,20H,2-4,7-8,18-19H2,1H3/b27-17+. The molecule has 180 valence electrons. The molecule has 0 unspecified atom stereocenters. The van der Waals surface area contributed by atoms with E-state index in [1.54, 1.807) is 13.2 Å². The molecule has 3 aromatic rings. The molecule has 6 heteroatoms. The van der Waals surface area contributed by atoms with Crippen molar-refractivity contribution < 1.29 is 19.1 Å². The van der Waals surface area contributed by atoms with Gasteiger partial charge in [0.05, 0.1) is 12.0 Å². The van der Waals surface area contributed by atoms with Crippen molar-refractivity contribution in [2.24, 2.45) is 5.92 Å². The fraction of sp³-hybridized carbons (Fsp3) is 0.310. The third-order valence-corrected chi connectivity index (χ3v) is 7.64. The molecule has 35 heavy (non-hydrogen) atoms. The molecule has 2 aliphatic rings. The maximum atomic E-state index is 12.9. The first-order chi connectivity index (χ1) is 17.1. The molecule has 0 radical (unpaired) electrons. The van der Waals surface area contributed by atoms with Crippen LogP contribution in [0.15, 0.2) is 65.6 Å². The number of imide groups is 1. The van der Waals surface area contributed by atoms with Gasteiger partial charge in [-0.25, -0.2) is 0 Å². The average Bonchev–Trinajstić information content (AvgIpc) is 3.15. The van der Waals surface area contributed by atoms with Gasteiger partial charge in [0.2, 0.25) is 0 Å². The molecule has 1 heterocycles. The number of ether oxygens (including phenoxy) is 2. The van der Waals surface area contributed by atoms with Gasteiger partial charge in [0.15, 0.2) is 11.5 Å². The van der Waals surface area contributed by atoms with E-state index in [4.69, 9.17) is 9.47 Å². The molecule has 5 nitrogen and oxygen atoms in total. The van der Waals surface area contributed by atoms with Gasteiger partial charge >= 0.3 is 0 Å². The van der Waals surface area contributed by atoms with Crippen LogP contribution in [-0.2, 0) is 11.4 Å². The lowest BCUT2D eigenvalue weighted by molar-refractivity contribution is -0.123. The van der Waals surface area contributed by atoms with Gasteiger partial charge in [0, 0.05) is 6.54 Å². The van der Waals surface area contributed by atoms with E-state index in [-0.39, 0.29) is 11.1 Å². The fourth-order valence-electron chi connectivity index (χ4n) is 4.82. The van der Waals surface area contributed by atoms with Crippen LogP contribution in [0.4, 0.5) is 4.79 Å². The SMILES string of the molecule is COc1cc(/C=C2/SC(=O)N(CC3CCCCC3)C2=O)ccc1OCc1ccc2ccccc2c1. The second kappa shape index (κ2) is 10.6. The molecular formula is C29H29NO4S. The monoisotopic (exact) mass is 487 g/mol. The average molecular weight is 488 g/mol. The number of amides is 2. The van der Waals surface area contributed by atoms with E-state index in [2.05, 4.69) is 30.3 Å². The van der Waals surface area contributed by atoms with E-state index in [0.29, 0.717) is 35.5 Å². The highest BCUT2D eigenvalue weighted by molar-refractivity contribution is 8.18. The van der Waals surface area contributed by atoms with E-state index >= 15 is 0 Å². The molecule has 0 atom stereocenters. The zero-order chi connectivity index (χ0) is 24.2. The Bertz CT molecular complexity index is 1280. The Labute approximate surface area is 210 Å². The number of nitrogens with zero attached hydrogens (tertiary/aromatic N) is 1. The number of methoxy groups -OCH3 is 1. The summed E-state index contributed by atoms with van der Waals surface area (Å²) in [7, 11) is 1.60. The molecule has 1 saturated heterocycles. The van der Waals surface area contributed by atoms with E-state index in [0.717, 1.165) is 35.7 Å². The van der Waals surface area contributed by atoms with Crippen LogP contribution in [-0.4, -0.2) is 29.7 Å².